The first-order chi connectivity index (χ1) is 8.15. The number of fused-ring (bicyclic) bond motifs is 3. The van der Waals surface area contributed by atoms with Crippen LogP contribution in [0.3, 0.4) is 0 Å². The largest absolute Gasteiger partial charge is 0.371 e. The van der Waals surface area contributed by atoms with Gasteiger partial charge in [-0.15, -0.1) is 11.6 Å². The second kappa shape index (κ2) is 4.31. The number of rotatable bonds is 0. The third-order valence-electron chi connectivity index (χ3n) is 4.76. The molecule has 2 heterocycles. The number of nitrogens with zero attached hydrogens (tertiary/aromatic N) is 1. The molecule has 3 aliphatic rings. The molecular formula is C14H20ClNO. The van der Waals surface area contributed by atoms with Crippen LogP contribution in [0.1, 0.15) is 39.0 Å². The van der Waals surface area contributed by atoms with E-state index < -0.39 is 0 Å². The number of carbonyl (C=O) groups excluding carboxylic acids is 1. The number of carbonyl (C=O) groups is 1. The van der Waals surface area contributed by atoms with Crippen molar-refractivity contribution >= 4 is 17.4 Å². The standard InChI is InChI=1S/C14H20ClNO/c1-9-6-11-8-12(17)4-5-16(11)14-3-2-10(15)7-13(9)14/h8-10,13-14H,2-7H2,1H3. The molecule has 0 aromatic heterocycles. The summed E-state index contributed by atoms with van der Waals surface area (Å²) in [7, 11) is 0. The van der Waals surface area contributed by atoms with E-state index in [1.165, 1.54) is 12.1 Å². The fraction of sp³-hybridized carbons (Fsp3) is 0.786. The maximum absolute atomic E-state index is 11.5. The van der Waals surface area contributed by atoms with Crippen LogP contribution in [0.25, 0.3) is 0 Å². The van der Waals surface area contributed by atoms with E-state index in [2.05, 4.69) is 11.8 Å². The third kappa shape index (κ3) is 2.01. The highest BCUT2D eigenvalue weighted by molar-refractivity contribution is 6.20. The van der Waals surface area contributed by atoms with Crippen molar-refractivity contribution < 1.29 is 4.79 Å². The van der Waals surface area contributed by atoms with Crippen molar-refractivity contribution in [2.75, 3.05) is 6.54 Å². The minimum atomic E-state index is 0.313. The van der Waals surface area contributed by atoms with E-state index in [0.717, 1.165) is 31.7 Å². The minimum Gasteiger partial charge on any atom is -0.371 e. The summed E-state index contributed by atoms with van der Waals surface area (Å²) in [5.41, 5.74) is 1.29. The number of hydrogen-bond donors (Lipinski definition) is 0. The summed E-state index contributed by atoms with van der Waals surface area (Å²) in [6.45, 7) is 3.26. The highest BCUT2D eigenvalue weighted by atomic mass is 35.5. The number of allylic oxidation sites excluding steroid dienone is 2. The van der Waals surface area contributed by atoms with Gasteiger partial charge in [0, 0.05) is 36.2 Å². The molecule has 0 aromatic carbocycles. The molecule has 3 rings (SSSR count). The van der Waals surface area contributed by atoms with Crippen molar-refractivity contribution in [3.8, 4) is 0 Å². The summed E-state index contributed by atoms with van der Waals surface area (Å²) in [4.78, 5) is 14.0. The van der Waals surface area contributed by atoms with Gasteiger partial charge in [-0.2, -0.15) is 0 Å². The molecule has 1 saturated carbocycles. The molecule has 0 spiro atoms. The van der Waals surface area contributed by atoms with Crippen LogP contribution in [0, 0.1) is 11.8 Å². The Morgan fingerprint density at radius 1 is 1.41 bits per heavy atom. The predicted octanol–water partition coefficient (Wildman–Crippen LogP) is 2.96. The molecule has 2 nitrogen and oxygen atoms in total. The summed E-state index contributed by atoms with van der Waals surface area (Å²) in [5, 5.41) is 0.371. The monoisotopic (exact) mass is 253 g/mol. The predicted molar refractivity (Wildman–Crippen MR) is 69.0 cm³/mol. The molecule has 2 fully saturated rings. The van der Waals surface area contributed by atoms with Gasteiger partial charge in [0.15, 0.2) is 5.78 Å². The Morgan fingerprint density at radius 2 is 2.24 bits per heavy atom. The van der Waals surface area contributed by atoms with E-state index in [1.54, 1.807) is 0 Å². The molecule has 0 bridgehead atoms. The van der Waals surface area contributed by atoms with Crippen molar-refractivity contribution in [2.24, 2.45) is 11.8 Å². The van der Waals surface area contributed by atoms with Crippen LogP contribution >= 0.6 is 11.6 Å². The number of hydrogen-bond acceptors (Lipinski definition) is 2. The van der Waals surface area contributed by atoms with Crippen LogP contribution in [-0.2, 0) is 4.79 Å². The van der Waals surface area contributed by atoms with E-state index in [9.17, 15) is 4.79 Å². The maximum atomic E-state index is 11.5. The Morgan fingerprint density at radius 3 is 3.06 bits per heavy atom. The molecule has 94 valence electrons. The van der Waals surface area contributed by atoms with Gasteiger partial charge in [0.1, 0.15) is 0 Å². The Bertz CT molecular complexity index is 365. The van der Waals surface area contributed by atoms with Gasteiger partial charge in [0.2, 0.25) is 0 Å². The van der Waals surface area contributed by atoms with E-state index in [1.807, 2.05) is 6.08 Å². The molecule has 0 radical (unpaired) electrons. The molecular weight excluding hydrogens is 234 g/mol. The van der Waals surface area contributed by atoms with Gasteiger partial charge in [-0.1, -0.05) is 6.92 Å². The Labute approximate surface area is 108 Å². The average molecular weight is 254 g/mol. The Kier molecular flexibility index (Phi) is 2.94. The molecule has 4 unspecified atom stereocenters. The van der Waals surface area contributed by atoms with Gasteiger partial charge in [0.25, 0.3) is 0 Å². The first kappa shape index (κ1) is 11.6. The average Bonchev–Trinajstić information content (AvgIpc) is 2.29. The Hall–Kier alpha value is -0.500. The van der Waals surface area contributed by atoms with Crippen molar-refractivity contribution in [2.45, 2.75) is 50.4 Å². The van der Waals surface area contributed by atoms with Crippen molar-refractivity contribution in [1.82, 2.24) is 4.90 Å². The zero-order valence-corrected chi connectivity index (χ0v) is 11.1. The number of alkyl halides is 1. The number of ketones is 1. The van der Waals surface area contributed by atoms with Gasteiger partial charge in [-0.25, -0.2) is 0 Å². The van der Waals surface area contributed by atoms with Crippen molar-refractivity contribution in [1.29, 1.82) is 0 Å². The maximum Gasteiger partial charge on any atom is 0.159 e. The quantitative estimate of drug-likeness (QED) is 0.619. The lowest BCUT2D eigenvalue weighted by molar-refractivity contribution is -0.116. The van der Waals surface area contributed by atoms with Gasteiger partial charge in [0.05, 0.1) is 0 Å². The third-order valence-corrected chi connectivity index (χ3v) is 5.15. The topological polar surface area (TPSA) is 20.3 Å². The fourth-order valence-corrected chi connectivity index (χ4v) is 4.22. The molecule has 0 N–H and O–H groups in total. The zero-order valence-electron chi connectivity index (χ0n) is 10.4. The molecule has 1 aliphatic carbocycles. The van der Waals surface area contributed by atoms with Crippen LogP contribution in [0.15, 0.2) is 11.8 Å². The molecule has 3 heteroatoms. The normalized spacial score (nSPS) is 41.6. The van der Waals surface area contributed by atoms with Crippen molar-refractivity contribution in [3.63, 3.8) is 0 Å². The highest BCUT2D eigenvalue weighted by Crippen LogP contribution is 2.44. The second-order valence-electron chi connectivity index (χ2n) is 5.87. The molecule has 2 aliphatic heterocycles. The SMILES string of the molecule is CC1CC2=CC(=O)CCN2C2CCC(Cl)CC12. The second-order valence-corrected chi connectivity index (χ2v) is 6.49. The summed E-state index contributed by atoms with van der Waals surface area (Å²) < 4.78 is 0. The van der Waals surface area contributed by atoms with Crippen LogP contribution in [0.2, 0.25) is 0 Å². The first-order valence-corrected chi connectivity index (χ1v) is 7.23. The lowest BCUT2D eigenvalue weighted by atomic mass is 9.71. The van der Waals surface area contributed by atoms with E-state index in [4.69, 9.17) is 11.6 Å². The summed E-state index contributed by atoms with van der Waals surface area (Å²) >= 11 is 6.31. The number of piperidine rings is 1. The summed E-state index contributed by atoms with van der Waals surface area (Å²) in [5.74, 6) is 1.72. The van der Waals surface area contributed by atoms with Crippen LogP contribution in [0.4, 0.5) is 0 Å². The first-order valence-electron chi connectivity index (χ1n) is 6.79. The van der Waals surface area contributed by atoms with Gasteiger partial charge >= 0.3 is 0 Å². The Balaban J connectivity index is 1.87. The van der Waals surface area contributed by atoms with Crippen LogP contribution in [-0.4, -0.2) is 28.6 Å². The highest BCUT2D eigenvalue weighted by Gasteiger charge is 2.42. The lowest BCUT2D eigenvalue weighted by Gasteiger charge is -2.51. The van der Waals surface area contributed by atoms with Crippen LogP contribution < -0.4 is 0 Å². The lowest BCUT2D eigenvalue weighted by Crippen LogP contribution is -2.51. The van der Waals surface area contributed by atoms with Crippen LogP contribution in [0.5, 0.6) is 0 Å². The van der Waals surface area contributed by atoms with Gasteiger partial charge in [-0.3, -0.25) is 4.79 Å². The number of halogens is 1. The van der Waals surface area contributed by atoms with Crippen molar-refractivity contribution in [3.05, 3.63) is 11.8 Å². The summed E-state index contributed by atoms with van der Waals surface area (Å²) in [6, 6.07) is 0.646. The van der Waals surface area contributed by atoms with E-state index >= 15 is 0 Å². The summed E-state index contributed by atoms with van der Waals surface area (Å²) in [6.07, 6.45) is 7.15. The van der Waals surface area contributed by atoms with E-state index in [0.29, 0.717) is 29.5 Å². The smallest absolute Gasteiger partial charge is 0.159 e. The van der Waals surface area contributed by atoms with Gasteiger partial charge in [-0.05, 0) is 37.5 Å². The minimum absolute atomic E-state index is 0.313. The van der Waals surface area contributed by atoms with Gasteiger partial charge < -0.3 is 4.90 Å². The molecule has 17 heavy (non-hydrogen) atoms. The fourth-order valence-electron chi connectivity index (χ4n) is 3.89. The molecule has 0 amide bonds. The molecule has 4 atom stereocenters. The van der Waals surface area contributed by atoms with E-state index in [-0.39, 0.29) is 0 Å². The molecule has 1 saturated heterocycles. The zero-order chi connectivity index (χ0) is 12.0. The molecule has 0 aromatic rings.